The second-order valence-corrected chi connectivity index (χ2v) is 5.41. The van der Waals surface area contributed by atoms with Crippen LogP contribution in [0.4, 0.5) is 10.1 Å². The minimum Gasteiger partial charge on any atom is -0.399 e. The number of rotatable bonds is 4. The molecule has 0 amide bonds. The second-order valence-electron chi connectivity index (χ2n) is 3.84. The molecule has 94 valence electrons. The van der Waals surface area contributed by atoms with Gasteiger partial charge in [0.15, 0.2) is 0 Å². The first-order valence-corrected chi connectivity index (χ1v) is 6.81. The average molecular weight is 264 g/mol. The quantitative estimate of drug-likeness (QED) is 0.861. The molecule has 0 saturated heterocycles. The molecule has 1 unspecified atom stereocenters. The van der Waals surface area contributed by atoms with Crippen LogP contribution in [0, 0.1) is 5.82 Å². The molecule has 0 aliphatic rings. The lowest BCUT2D eigenvalue weighted by molar-refractivity contribution is 0.623. The van der Waals surface area contributed by atoms with Gasteiger partial charge >= 0.3 is 0 Å². The number of hydrogen-bond donors (Lipinski definition) is 1. The van der Waals surface area contributed by atoms with Crippen molar-refractivity contribution in [3.8, 4) is 0 Å². The molecule has 0 saturated carbocycles. The van der Waals surface area contributed by atoms with Crippen LogP contribution in [0.5, 0.6) is 0 Å². The van der Waals surface area contributed by atoms with E-state index in [0.717, 1.165) is 5.69 Å². The Morgan fingerprint density at radius 2 is 2.11 bits per heavy atom. The maximum Gasteiger partial charge on any atom is 0.126 e. The first-order valence-electron chi connectivity index (χ1n) is 5.49. The van der Waals surface area contributed by atoms with E-state index in [1.54, 1.807) is 6.20 Å². The van der Waals surface area contributed by atoms with Crippen molar-refractivity contribution in [2.24, 2.45) is 0 Å². The molecule has 1 aromatic heterocycles. The van der Waals surface area contributed by atoms with E-state index in [-0.39, 0.29) is 5.69 Å². The van der Waals surface area contributed by atoms with Gasteiger partial charge in [-0.25, -0.2) is 4.39 Å². The molecule has 3 nitrogen and oxygen atoms in total. The zero-order chi connectivity index (χ0) is 13.0. The summed E-state index contributed by atoms with van der Waals surface area (Å²) in [5.74, 6) is -0.0592. The van der Waals surface area contributed by atoms with E-state index in [0.29, 0.717) is 17.1 Å². The maximum absolute atomic E-state index is 13.1. The van der Waals surface area contributed by atoms with Gasteiger partial charge in [-0.3, -0.25) is 9.19 Å². The number of benzene rings is 1. The number of halogens is 1. The summed E-state index contributed by atoms with van der Waals surface area (Å²) in [6.07, 6.45) is 2.28. The van der Waals surface area contributed by atoms with Crippen molar-refractivity contribution in [1.82, 2.24) is 4.98 Å². The Morgan fingerprint density at radius 1 is 1.28 bits per heavy atom. The van der Waals surface area contributed by atoms with Crippen LogP contribution in [-0.4, -0.2) is 14.9 Å². The van der Waals surface area contributed by atoms with Crippen molar-refractivity contribution in [3.63, 3.8) is 0 Å². The van der Waals surface area contributed by atoms with Gasteiger partial charge in [-0.05, 0) is 30.3 Å². The van der Waals surface area contributed by atoms with Gasteiger partial charge in [-0.15, -0.1) is 0 Å². The largest absolute Gasteiger partial charge is 0.399 e. The first-order chi connectivity index (χ1) is 8.65. The summed E-state index contributed by atoms with van der Waals surface area (Å²) in [4.78, 5) is 4.57. The van der Waals surface area contributed by atoms with Crippen LogP contribution < -0.4 is 5.73 Å². The summed E-state index contributed by atoms with van der Waals surface area (Å²) < 4.78 is 25.1. The molecular formula is C13H13FN2OS. The molecule has 0 fully saturated rings. The van der Waals surface area contributed by atoms with Crippen molar-refractivity contribution in [2.75, 3.05) is 11.5 Å². The molecule has 18 heavy (non-hydrogen) atoms. The van der Waals surface area contributed by atoms with Crippen molar-refractivity contribution < 1.29 is 8.60 Å². The van der Waals surface area contributed by atoms with Gasteiger partial charge in [0.05, 0.1) is 10.8 Å². The Kier molecular flexibility index (Phi) is 4.04. The molecule has 0 spiro atoms. The lowest BCUT2D eigenvalue weighted by Crippen LogP contribution is -2.04. The van der Waals surface area contributed by atoms with Crippen molar-refractivity contribution >= 4 is 16.5 Å². The minimum atomic E-state index is -1.26. The van der Waals surface area contributed by atoms with E-state index < -0.39 is 16.6 Å². The topological polar surface area (TPSA) is 56.0 Å². The SMILES string of the molecule is Nc1cc(F)cc(S(=O)CCc2ccccn2)c1. The van der Waals surface area contributed by atoms with Crippen molar-refractivity contribution in [3.05, 3.63) is 54.1 Å². The molecule has 1 atom stereocenters. The Balaban J connectivity index is 2.04. The molecule has 0 radical (unpaired) electrons. The average Bonchev–Trinajstić information content (AvgIpc) is 2.36. The smallest absolute Gasteiger partial charge is 0.126 e. The van der Waals surface area contributed by atoms with Crippen molar-refractivity contribution in [2.45, 2.75) is 11.3 Å². The van der Waals surface area contributed by atoms with E-state index in [2.05, 4.69) is 4.98 Å². The Morgan fingerprint density at radius 3 is 2.78 bits per heavy atom. The highest BCUT2D eigenvalue weighted by atomic mass is 32.2. The number of nitrogens with two attached hydrogens (primary N) is 1. The van der Waals surface area contributed by atoms with Crippen LogP contribution >= 0.6 is 0 Å². The molecule has 2 aromatic rings. The molecule has 2 rings (SSSR count). The third-order valence-electron chi connectivity index (χ3n) is 2.43. The zero-order valence-corrected chi connectivity index (χ0v) is 10.5. The van der Waals surface area contributed by atoms with E-state index in [4.69, 9.17) is 5.73 Å². The second kappa shape index (κ2) is 5.73. The fraction of sp³-hybridized carbons (Fsp3) is 0.154. The predicted molar refractivity (Wildman–Crippen MR) is 70.0 cm³/mol. The van der Waals surface area contributed by atoms with E-state index in [1.807, 2.05) is 18.2 Å². The van der Waals surface area contributed by atoms with E-state index >= 15 is 0 Å². The fourth-order valence-corrected chi connectivity index (χ4v) is 2.72. The number of aromatic nitrogens is 1. The van der Waals surface area contributed by atoms with Gasteiger partial charge in [0.1, 0.15) is 5.82 Å². The number of nitrogen functional groups attached to an aromatic ring is 1. The van der Waals surface area contributed by atoms with Gasteiger partial charge in [0.25, 0.3) is 0 Å². The number of pyridine rings is 1. The van der Waals surface area contributed by atoms with Crippen LogP contribution in [0.1, 0.15) is 5.69 Å². The van der Waals surface area contributed by atoms with Crippen LogP contribution in [-0.2, 0) is 17.2 Å². The van der Waals surface area contributed by atoms with E-state index in [1.165, 1.54) is 18.2 Å². The normalized spacial score (nSPS) is 12.3. The first kappa shape index (κ1) is 12.7. The number of anilines is 1. The Bertz CT molecular complexity index is 540. The van der Waals surface area contributed by atoms with Gasteiger partial charge in [-0.1, -0.05) is 6.07 Å². The van der Waals surface area contributed by atoms with Crippen LogP contribution in [0.3, 0.4) is 0 Å². The van der Waals surface area contributed by atoms with Crippen molar-refractivity contribution in [1.29, 1.82) is 0 Å². The molecule has 0 aliphatic carbocycles. The third kappa shape index (κ3) is 3.37. The Hall–Kier alpha value is -1.75. The van der Waals surface area contributed by atoms with Crippen LogP contribution in [0.15, 0.2) is 47.5 Å². The fourth-order valence-electron chi connectivity index (χ4n) is 1.58. The molecule has 0 aliphatic heterocycles. The molecular weight excluding hydrogens is 251 g/mol. The summed E-state index contributed by atoms with van der Waals surface area (Å²) in [7, 11) is -1.26. The lowest BCUT2D eigenvalue weighted by Gasteiger charge is -2.04. The highest BCUT2D eigenvalue weighted by molar-refractivity contribution is 7.85. The number of nitrogens with zero attached hydrogens (tertiary/aromatic N) is 1. The molecule has 1 aromatic carbocycles. The number of hydrogen-bond acceptors (Lipinski definition) is 3. The predicted octanol–water partition coefficient (Wildman–Crippen LogP) is 2.15. The summed E-state index contributed by atoms with van der Waals surface area (Å²) in [5, 5.41) is 0. The minimum absolute atomic E-state index is 0.288. The summed E-state index contributed by atoms with van der Waals surface area (Å²) in [6.45, 7) is 0. The highest BCUT2D eigenvalue weighted by Gasteiger charge is 2.07. The highest BCUT2D eigenvalue weighted by Crippen LogP contribution is 2.15. The van der Waals surface area contributed by atoms with Crippen LogP contribution in [0.2, 0.25) is 0 Å². The zero-order valence-electron chi connectivity index (χ0n) is 9.67. The van der Waals surface area contributed by atoms with Gasteiger partial charge in [0, 0.05) is 34.6 Å². The number of aryl methyl sites for hydroxylation is 1. The molecule has 0 bridgehead atoms. The summed E-state index contributed by atoms with van der Waals surface area (Å²) >= 11 is 0. The third-order valence-corrected chi connectivity index (χ3v) is 3.76. The van der Waals surface area contributed by atoms with Crippen LogP contribution in [0.25, 0.3) is 0 Å². The summed E-state index contributed by atoms with van der Waals surface area (Å²) in [5.41, 5.74) is 6.68. The van der Waals surface area contributed by atoms with Gasteiger partial charge < -0.3 is 5.73 Å². The standard InChI is InChI=1S/C13H13FN2OS/c14-10-7-11(15)9-13(8-10)18(17)6-4-12-3-1-2-5-16-12/h1-3,5,7-9H,4,6,15H2. The summed E-state index contributed by atoms with van der Waals surface area (Å²) in [6, 6.07) is 9.58. The maximum atomic E-state index is 13.1. The molecule has 1 heterocycles. The molecule has 5 heteroatoms. The Labute approximate surface area is 107 Å². The van der Waals surface area contributed by atoms with E-state index in [9.17, 15) is 8.60 Å². The lowest BCUT2D eigenvalue weighted by atomic mass is 10.3. The monoisotopic (exact) mass is 264 g/mol. The molecule has 2 N–H and O–H groups in total. The van der Waals surface area contributed by atoms with Gasteiger partial charge in [0.2, 0.25) is 0 Å². The van der Waals surface area contributed by atoms with Gasteiger partial charge in [-0.2, -0.15) is 0 Å².